The molecule has 4 nitrogen and oxygen atoms in total. The first-order valence-corrected chi connectivity index (χ1v) is 10.2. The summed E-state index contributed by atoms with van der Waals surface area (Å²) in [6, 6.07) is 1.98. The second-order valence-corrected chi connectivity index (χ2v) is 8.20. The summed E-state index contributed by atoms with van der Waals surface area (Å²) in [6.45, 7) is 2.25. The van der Waals surface area contributed by atoms with Crippen LogP contribution in [0.25, 0.3) is 19.5 Å². The second kappa shape index (κ2) is 7.23. The van der Waals surface area contributed by atoms with Crippen molar-refractivity contribution in [1.29, 1.82) is 0 Å². The molecule has 0 N–H and O–H groups in total. The van der Waals surface area contributed by atoms with Crippen molar-refractivity contribution in [3.63, 3.8) is 0 Å². The van der Waals surface area contributed by atoms with Crippen molar-refractivity contribution in [3.05, 3.63) is 28.8 Å². The number of hydrogen-bond acceptors (Lipinski definition) is 7. The van der Waals surface area contributed by atoms with Gasteiger partial charge in [-0.25, -0.2) is 0 Å². The third-order valence-corrected chi connectivity index (χ3v) is 7.26. The van der Waals surface area contributed by atoms with Crippen LogP contribution in [0.5, 0.6) is 23.0 Å². The zero-order valence-electron chi connectivity index (χ0n) is 13.9. The van der Waals surface area contributed by atoms with Crippen LogP contribution in [0.4, 0.5) is 0 Å². The van der Waals surface area contributed by atoms with Crippen LogP contribution in [-0.2, 0) is 0 Å². The molecule has 0 saturated heterocycles. The molecule has 3 aromatic heterocycles. The molecule has 5 rings (SSSR count). The summed E-state index contributed by atoms with van der Waals surface area (Å²) in [5.74, 6) is 5.71. The molecule has 0 amide bonds. The van der Waals surface area contributed by atoms with Crippen LogP contribution in [-0.4, -0.2) is 26.4 Å². The molecule has 0 aromatic carbocycles. The fourth-order valence-corrected chi connectivity index (χ4v) is 6.07. The van der Waals surface area contributed by atoms with Crippen LogP contribution in [0, 0.1) is 12.3 Å². The monoisotopic (exact) mass is 394 g/mol. The molecule has 0 unspecified atom stereocenters. The molecule has 2 aliphatic rings. The van der Waals surface area contributed by atoms with Gasteiger partial charge in [-0.1, -0.05) is 0 Å². The maximum atomic E-state index is 7.69. The first kappa shape index (κ1) is 17.9. The maximum absolute atomic E-state index is 7.69. The van der Waals surface area contributed by atoms with Gasteiger partial charge in [0.05, 0.1) is 9.75 Å². The molecule has 26 heavy (non-hydrogen) atoms. The Balaban J connectivity index is 0.00000168. The minimum atomic E-state index is 0. The van der Waals surface area contributed by atoms with Crippen molar-refractivity contribution < 1.29 is 37.8 Å². The van der Waals surface area contributed by atoms with Crippen molar-refractivity contribution in [2.24, 2.45) is 0 Å². The molecule has 0 radical (unpaired) electrons. The van der Waals surface area contributed by atoms with Crippen molar-refractivity contribution >= 4 is 34.0 Å². The number of thiophene rings is 3. The first-order valence-electron chi connectivity index (χ1n) is 7.66. The van der Waals surface area contributed by atoms with E-state index >= 15 is 0 Å². The molecule has 0 saturated carbocycles. The van der Waals surface area contributed by atoms with Gasteiger partial charge in [0.25, 0.3) is 0 Å². The van der Waals surface area contributed by atoms with Crippen LogP contribution >= 0.6 is 34.0 Å². The summed E-state index contributed by atoms with van der Waals surface area (Å²) >= 11 is 4.78. The van der Waals surface area contributed by atoms with E-state index < -0.39 is 0 Å². The third kappa shape index (κ3) is 2.83. The first-order chi connectivity index (χ1) is 12.3. The maximum Gasteiger partial charge on any atom is 1.00 e. The Hall–Kier alpha value is -1.54. The smallest absolute Gasteiger partial charge is 0.485 e. The molecule has 0 spiro atoms. The van der Waals surface area contributed by atoms with Gasteiger partial charge < -0.3 is 25.4 Å². The predicted octanol–water partition coefficient (Wildman–Crippen LogP) is 1.69. The van der Waals surface area contributed by atoms with Gasteiger partial charge in [0.2, 0.25) is 0 Å². The third-order valence-electron chi connectivity index (χ3n) is 3.90. The molecule has 0 bridgehead atoms. The molecule has 126 valence electrons. The second-order valence-electron chi connectivity index (χ2n) is 5.39. The summed E-state index contributed by atoms with van der Waals surface area (Å²) in [7, 11) is 0. The quantitative estimate of drug-likeness (QED) is 0.377. The minimum absolute atomic E-state index is 0. The van der Waals surface area contributed by atoms with Crippen molar-refractivity contribution in [2.75, 3.05) is 26.4 Å². The number of rotatable bonds is 2. The standard InChI is InChI=1S/C18H11O4S3.Li/c1-2-10-7-13(17-14-11(8-23-17)19-3-5-21-14)25-16(10)18-15-12(9-24-18)20-4-6-22-15;/h7-9H,3-6H2;/q-1;+1. The van der Waals surface area contributed by atoms with Crippen LogP contribution in [0.3, 0.4) is 0 Å². The van der Waals surface area contributed by atoms with E-state index in [2.05, 4.69) is 5.92 Å². The van der Waals surface area contributed by atoms with Crippen LogP contribution in [0.15, 0.2) is 16.8 Å². The average Bonchev–Trinajstić information content (AvgIpc) is 3.36. The number of ether oxygens (including phenoxy) is 4. The molecule has 0 aliphatic carbocycles. The SMILES string of the molecule is [C-]#Cc1cc(-c2scc3c2OCCO3)sc1-c1scc2c1OCCO2.[Li+]. The van der Waals surface area contributed by atoms with Gasteiger partial charge in [-0.2, -0.15) is 11.3 Å². The summed E-state index contributed by atoms with van der Waals surface area (Å²) in [5, 5.41) is 3.93. The van der Waals surface area contributed by atoms with E-state index in [-0.39, 0.29) is 18.9 Å². The molecular formula is C18H11LiO4S3. The summed E-state index contributed by atoms with van der Waals surface area (Å²) in [4.78, 5) is 4.04. The summed E-state index contributed by atoms with van der Waals surface area (Å²) < 4.78 is 22.9. The summed E-state index contributed by atoms with van der Waals surface area (Å²) in [5.41, 5.74) is 0.748. The van der Waals surface area contributed by atoms with Gasteiger partial charge in [-0.15, -0.1) is 34.3 Å². The summed E-state index contributed by atoms with van der Waals surface area (Å²) in [6.07, 6.45) is 7.69. The molecule has 0 atom stereocenters. The van der Waals surface area contributed by atoms with Gasteiger partial charge in [0, 0.05) is 15.6 Å². The fourth-order valence-electron chi connectivity index (χ4n) is 2.82. The Kier molecular flexibility index (Phi) is 4.96. The van der Waals surface area contributed by atoms with E-state index in [0.717, 1.165) is 48.1 Å². The Bertz CT molecular complexity index is 995. The zero-order valence-corrected chi connectivity index (χ0v) is 16.4. The fraction of sp³-hybridized carbons (Fsp3) is 0.222. The molecule has 0 fully saturated rings. The van der Waals surface area contributed by atoms with E-state index in [0.29, 0.717) is 26.4 Å². The largest absolute Gasteiger partial charge is 1.00 e. The van der Waals surface area contributed by atoms with Gasteiger partial charge in [-0.05, 0) is 4.88 Å². The van der Waals surface area contributed by atoms with Gasteiger partial charge in [0.1, 0.15) is 26.4 Å². The van der Waals surface area contributed by atoms with Gasteiger partial charge >= 0.3 is 18.9 Å². The number of fused-ring (bicyclic) bond motifs is 2. The van der Waals surface area contributed by atoms with E-state index in [1.807, 2.05) is 16.8 Å². The zero-order chi connectivity index (χ0) is 16.8. The van der Waals surface area contributed by atoms with Crippen LogP contribution in [0.1, 0.15) is 5.56 Å². The van der Waals surface area contributed by atoms with Crippen molar-refractivity contribution in [1.82, 2.24) is 0 Å². The molecular weight excluding hydrogens is 383 g/mol. The van der Waals surface area contributed by atoms with Crippen LogP contribution < -0.4 is 37.8 Å². The topological polar surface area (TPSA) is 36.9 Å². The molecule has 2 aliphatic heterocycles. The number of hydrogen-bond donors (Lipinski definition) is 0. The van der Waals surface area contributed by atoms with Crippen LogP contribution in [0.2, 0.25) is 0 Å². The molecule has 5 heterocycles. The van der Waals surface area contributed by atoms with Crippen molar-refractivity contribution in [3.8, 4) is 48.4 Å². The molecule has 3 aromatic rings. The van der Waals surface area contributed by atoms with Gasteiger partial charge in [-0.3, -0.25) is 5.92 Å². The average molecular weight is 394 g/mol. The van der Waals surface area contributed by atoms with E-state index in [9.17, 15) is 0 Å². The normalized spacial score (nSPS) is 14.4. The van der Waals surface area contributed by atoms with E-state index in [1.165, 1.54) is 0 Å². The molecule has 8 heteroatoms. The Morgan fingerprint density at radius 3 is 2.04 bits per heavy atom. The Morgan fingerprint density at radius 2 is 1.38 bits per heavy atom. The Labute approximate surface area is 174 Å². The van der Waals surface area contributed by atoms with Crippen molar-refractivity contribution in [2.45, 2.75) is 0 Å². The minimum Gasteiger partial charge on any atom is -0.485 e. The Morgan fingerprint density at radius 1 is 0.808 bits per heavy atom. The van der Waals surface area contributed by atoms with E-state index in [4.69, 9.17) is 25.4 Å². The predicted molar refractivity (Wildman–Crippen MR) is 99.2 cm³/mol. The van der Waals surface area contributed by atoms with E-state index in [1.54, 1.807) is 34.0 Å². The van der Waals surface area contributed by atoms with Gasteiger partial charge in [0.15, 0.2) is 23.0 Å².